The van der Waals surface area contributed by atoms with Crippen molar-refractivity contribution in [2.45, 2.75) is 124 Å². The van der Waals surface area contributed by atoms with Gasteiger partial charge >= 0.3 is 5.97 Å². The summed E-state index contributed by atoms with van der Waals surface area (Å²) in [5.41, 5.74) is 0.326. The van der Waals surface area contributed by atoms with Crippen molar-refractivity contribution in [3.63, 3.8) is 0 Å². The van der Waals surface area contributed by atoms with Gasteiger partial charge in [0.05, 0.1) is 6.10 Å². The number of hydrogen-bond donors (Lipinski definition) is 0. The number of carbonyl (C=O) groups excluding carboxylic acids is 2. The molecule has 0 aromatic carbocycles. The normalized spacial score (nSPS) is 53.8. The Kier molecular flexibility index (Phi) is 5.91. The molecule has 12 atom stereocenters. The van der Waals surface area contributed by atoms with Gasteiger partial charge in [-0.05, 0) is 111 Å². The number of fused-ring (bicyclic) bond motifs is 7. The van der Waals surface area contributed by atoms with Gasteiger partial charge in [0.1, 0.15) is 11.8 Å². The van der Waals surface area contributed by atoms with Crippen molar-refractivity contribution in [3.05, 3.63) is 0 Å². The molecule has 6 fully saturated rings. The fraction of sp³-hybridized carbons (Fsp3) is 0.935. The van der Waals surface area contributed by atoms with Crippen LogP contribution in [0.1, 0.15) is 106 Å². The van der Waals surface area contributed by atoms with Crippen LogP contribution in [0.25, 0.3) is 0 Å². The molecule has 4 saturated carbocycles. The summed E-state index contributed by atoms with van der Waals surface area (Å²) in [6.45, 7) is 14.0. The van der Waals surface area contributed by atoms with Crippen LogP contribution in [0.15, 0.2) is 0 Å². The molecule has 202 valence electrons. The van der Waals surface area contributed by atoms with E-state index in [4.69, 9.17) is 9.47 Å². The maximum Gasteiger partial charge on any atom is 0.302 e. The van der Waals surface area contributed by atoms with Crippen molar-refractivity contribution in [3.8, 4) is 0 Å². The maximum absolute atomic E-state index is 12.8. The summed E-state index contributed by atoms with van der Waals surface area (Å²) in [7, 11) is 0. The van der Waals surface area contributed by atoms with E-state index in [2.05, 4.69) is 32.6 Å². The third-order valence-corrected chi connectivity index (χ3v) is 13.0. The van der Waals surface area contributed by atoms with Crippen LogP contribution >= 0.6 is 0 Å². The minimum Gasteiger partial charge on any atom is -0.463 e. The van der Waals surface area contributed by atoms with Gasteiger partial charge in [-0.25, -0.2) is 0 Å². The number of amides is 1. The van der Waals surface area contributed by atoms with Crippen molar-refractivity contribution in [1.29, 1.82) is 0 Å². The van der Waals surface area contributed by atoms with Gasteiger partial charge in [0.2, 0.25) is 5.91 Å². The first kappa shape index (κ1) is 25.2. The maximum atomic E-state index is 12.8. The molecule has 2 aliphatic heterocycles. The zero-order valence-corrected chi connectivity index (χ0v) is 23.6. The molecule has 2 saturated heterocycles. The second kappa shape index (κ2) is 8.45. The van der Waals surface area contributed by atoms with Gasteiger partial charge in [-0.3, -0.25) is 9.59 Å². The summed E-state index contributed by atoms with van der Waals surface area (Å²) in [5, 5.41) is 0. The van der Waals surface area contributed by atoms with E-state index in [0.29, 0.717) is 40.6 Å². The summed E-state index contributed by atoms with van der Waals surface area (Å²) in [5.74, 6) is 4.60. The second-order valence-electron chi connectivity index (χ2n) is 14.5. The van der Waals surface area contributed by atoms with Crippen molar-refractivity contribution in [2.75, 3.05) is 6.54 Å². The van der Waals surface area contributed by atoms with E-state index in [0.717, 1.165) is 50.0 Å². The van der Waals surface area contributed by atoms with Crippen LogP contribution in [0.2, 0.25) is 0 Å². The molecule has 0 radical (unpaired) electrons. The molecule has 6 rings (SSSR count). The fourth-order valence-electron chi connectivity index (χ4n) is 11.4. The Labute approximate surface area is 218 Å². The zero-order chi connectivity index (χ0) is 25.6. The van der Waals surface area contributed by atoms with E-state index in [1.807, 2.05) is 0 Å². The number of piperidine rings is 1. The summed E-state index contributed by atoms with van der Waals surface area (Å²) in [4.78, 5) is 26.5. The highest BCUT2D eigenvalue weighted by molar-refractivity contribution is 5.74. The molecule has 4 aliphatic carbocycles. The number of nitrogens with zero attached hydrogens (tertiary/aromatic N) is 1. The lowest BCUT2D eigenvalue weighted by Crippen LogP contribution is -2.60. The van der Waals surface area contributed by atoms with E-state index in [9.17, 15) is 9.59 Å². The number of hydrogen-bond acceptors (Lipinski definition) is 4. The molecule has 1 spiro atoms. The van der Waals surface area contributed by atoms with Crippen LogP contribution in [0.5, 0.6) is 0 Å². The lowest BCUT2D eigenvalue weighted by molar-refractivity contribution is -0.201. The largest absolute Gasteiger partial charge is 0.463 e. The van der Waals surface area contributed by atoms with Gasteiger partial charge in [-0.2, -0.15) is 0 Å². The van der Waals surface area contributed by atoms with Crippen molar-refractivity contribution in [2.24, 2.45) is 52.3 Å². The third-order valence-electron chi connectivity index (χ3n) is 13.0. The lowest BCUT2D eigenvalue weighted by atomic mass is 9.44. The van der Waals surface area contributed by atoms with E-state index in [-0.39, 0.29) is 23.7 Å². The predicted molar refractivity (Wildman–Crippen MR) is 139 cm³/mol. The Bertz CT molecular complexity index is 920. The second-order valence-corrected chi connectivity index (χ2v) is 14.5. The zero-order valence-electron chi connectivity index (χ0n) is 23.6. The van der Waals surface area contributed by atoms with E-state index < -0.39 is 0 Å². The number of carbonyl (C=O) groups is 2. The molecule has 2 heterocycles. The molecule has 9 unspecified atom stereocenters. The molecule has 5 nitrogen and oxygen atoms in total. The molecular weight excluding hydrogens is 450 g/mol. The first-order valence-corrected chi connectivity index (χ1v) is 15.1. The highest BCUT2D eigenvalue weighted by atomic mass is 16.5. The quantitative estimate of drug-likeness (QED) is 0.403. The summed E-state index contributed by atoms with van der Waals surface area (Å²) >= 11 is 0. The van der Waals surface area contributed by atoms with Gasteiger partial charge in [-0.15, -0.1) is 0 Å². The molecule has 0 N–H and O–H groups in total. The Hall–Kier alpha value is -1.10. The number of ether oxygens (including phenoxy) is 2. The van der Waals surface area contributed by atoms with Crippen LogP contribution < -0.4 is 0 Å². The Morgan fingerprint density at radius 3 is 2.36 bits per heavy atom. The number of likely N-dealkylation sites (tertiary alicyclic amines) is 1. The highest BCUT2D eigenvalue weighted by Gasteiger charge is 2.70. The topological polar surface area (TPSA) is 55.8 Å². The molecule has 6 aliphatic rings. The Morgan fingerprint density at radius 2 is 1.64 bits per heavy atom. The minimum atomic E-state index is -0.378. The Morgan fingerprint density at radius 1 is 0.889 bits per heavy atom. The molecule has 1 amide bonds. The molecular formula is C31H49NO4. The van der Waals surface area contributed by atoms with Crippen LogP contribution in [0.3, 0.4) is 0 Å². The SMILES string of the molecule is CC(=O)OC1CC[C@]2(C)C3CC[C@@]4(C)C(CC5OC6(CCC(C)CN6C(C)=O)C(C)C54)C3CC[C@H]2C1. The summed E-state index contributed by atoms with van der Waals surface area (Å²) in [6.07, 6.45) is 12.3. The van der Waals surface area contributed by atoms with Crippen LogP contribution in [-0.4, -0.2) is 41.3 Å². The van der Waals surface area contributed by atoms with Crippen LogP contribution in [-0.2, 0) is 19.1 Å². The van der Waals surface area contributed by atoms with Crippen molar-refractivity contribution < 1.29 is 19.1 Å². The molecule has 0 aromatic heterocycles. The first-order chi connectivity index (χ1) is 17.0. The molecule has 0 aromatic rings. The van der Waals surface area contributed by atoms with E-state index in [1.165, 1.54) is 38.5 Å². The van der Waals surface area contributed by atoms with E-state index in [1.54, 1.807) is 13.8 Å². The lowest BCUT2D eigenvalue weighted by Gasteiger charge is -2.61. The van der Waals surface area contributed by atoms with E-state index >= 15 is 0 Å². The minimum absolute atomic E-state index is 0.120. The average molecular weight is 500 g/mol. The number of rotatable bonds is 1. The average Bonchev–Trinajstić information content (AvgIpc) is 3.26. The van der Waals surface area contributed by atoms with Gasteiger partial charge < -0.3 is 14.4 Å². The monoisotopic (exact) mass is 499 g/mol. The molecule has 36 heavy (non-hydrogen) atoms. The van der Waals surface area contributed by atoms with Gasteiger partial charge in [-0.1, -0.05) is 27.7 Å². The standard InChI is InChI=1S/C31H49NO4/c1-18-9-14-31(32(17-18)20(3)33)19(2)28-27(36-31)16-26-24-8-7-22-15-23(35-21(4)34)10-12-29(22,5)25(24)11-13-30(26,28)6/h18-19,22-28H,7-17H2,1-6H3/t18?,19?,22-,23?,24?,25?,26?,27?,28?,29-,30-,31?/m0/s1. The van der Waals surface area contributed by atoms with Crippen molar-refractivity contribution in [1.82, 2.24) is 4.90 Å². The summed E-state index contributed by atoms with van der Waals surface area (Å²) in [6, 6.07) is 0. The smallest absolute Gasteiger partial charge is 0.302 e. The molecule has 0 bridgehead atoms. The molecule has 5 heteroatoms. The van der Waals surface area contributed by atoms with Gasteiger partial charge in [0.15, 0.2) is 0 Å². The van der Waals surface area contributed by atoms with Gasteiger partial charge in [0, 0.05) is 26.3 Å². The third kappa shape index (κ3) is 3.42. The number of esters is 1. The summed E-state index contributed by atoms with van der Waals surface area (Å²) < 4.78 is 12.8. The van der Waals surface area contributed by atoms with Gasteiger partial charge in [0.25, 0.3) is 0 Å². The Balaban J connectivity index is 1.23. The van der Waals surface area contributed by atoms with Crippen LogP contribution in [0, 0.1) is 52.3 Å². The van der Waals surface area contributed by atoms with Crippen molar-refractivity contribution >= 4 is 11.9 Å². The van der Waals surface area contributed by atoms with Crippen LogP contribution in [0.4, 0.5) is 0 Å². The fourth-order valence-corrected chi connectivity index (χ4v) is 11.4. The first-order valence-electron chi connectivity index (χ1n) is 15.1. The highest BCUT2D eigenvalue weighted by Crippen LogP contribution is 2.71. The predicted octanol–water partition coefficient (Wildman–Crippen LogP) is 6.20.